The number of aryl methyl sites for hydroxylation is 3. The Hall–Kier alpha value is -3.59. The molecule has 5 aromatic rings. The van der Waals surface area contributed by atoms with Crippen molar-refractivity contribution >= 4 is 50.8 Å². The largest absolute Gasteiger partial charge is 0.493 e. The summed E-state index contributed by atoms with van der Waals surface area (Å²) in [6.45, 7) is 5.47. The molecule has 7 nitrogen and oxygen atoms in total. The highest BCUT2D eigenvalue weighted by Crippen LogP contribution is 2.43. The Morgan fingerprint density at radius 1 is 1.07 bits per heavy atom. The van der Waals surface area contributed by atoms with E-state index < -0.39 is 5.97 Å². The Balaban J connectivity index is 1.61. The Bertz CT molecular complexity index is 1810. The third-order valence-electron chi connectivity index (χ3n) is 7.91. The van der Waals surface area contributed by atoms with Crippen LogP contribution in [-0.2, 0) is 37.1 Å². The Morgan fingerprint density at radius 3 is 2.59 bits per heavy atom. The lowest BCUT2D eigenvalue weighted by atomic mass is 9.97. The van der Waals surface area contributed by atoms with Gasteiger partial charge < -0.3 is 19.8 Å². The second-order valence-corrected chi connectivity index (χ2v) is 11.3. The number of ether oxygens (including phenoxy) is 2. The number of esters is 1. The zero-order valence-corrected chi connectivity index (χ0v) is 26.8. The summed E-state index contributed by atoms with van der Waals surface area (Å²) in [7, 11) is 1.90. The summed E-state index contributed by atoms with van der Waals surface area (Å²) in [5.74, 6) is 0.219. The standard InChI is InChI=1S/C34H37Cl2FN4O3/c1-4-28-31(27(20-35)39-40(28)3)30-26(36)15-14-25-24(33(34(42)43-5-2)41(32(25)30)17-8-16-38)10-7-18-44-29-11-6-9-21-19-22(37)12-13-23(21)29/h6,9,11-15,19H,4-5,7-8,10,16-18,20,38H2,1-3H3. The van der Waals surface area contributed by atoms with Crippen LogP contribution in [0.3, 0.4) is 0 Å². The molecule has 2 aromatic heterocycles. The quantitative estimate of drug-likeness (QED) is 0.0807. The van der Waals surface area contributed by atoms with Crippen molar-refractivity contribution < 1.29 is 18.7 Å². The molecule has 0 amide bonds. The van der Waals surface area contributed by atoms with E-state index in [1.165, 1.54) is 12.1 Å². The minimum atomic E-state index is -0.394. The number of benzene rings is 3. The topological polar surface area (TPSA) is 84.3 Å². The molecule has 0 aliphatic rings. The number of halogens is 3. The van der Waals surface area contributed by atoms with Gasteiger partial charge in [-0.05, 0) is 80.4 Å². The van der Waals surface area contributed by atoms with Gasteiger partial charge >= 0.3 is 5.97 Å². The van der Waals surface area contributed by atoms with Crippen LogP contribution in [-0.4, -0.2) is 40.1 Å². The fourth-order valence-electron chi connectivity index (χ4n) is 6.08. The second-order valence-electron chi connectivity index (χ2n) is 10.6. The number of hydrogen-bond donors (Lipinski definition) is 1. The van der Waals surface area contributed by atoms with Gasteiger partial charge in [0.25, 0.3) is 0 Å². The number of rotatable bonds is 13. The van der Waals surface area contributed by atoms with Crippen molar-refractivity contribution in [3.8, 4) is 16.9 Å². The van der Waals surface area contributed by atoms with Gasteiger partial charge in [0.1, 0.15) is 17.3 Å². The summed E-state index contributed by atoms with van der Waals surface area (Å²) >= 11 is 13.4. The lowest BCUT2D eigenvalue weighted by Crippen LogP contribution is -2.16. The normalized spacial score (nSPS) is 11.5. The van der Waals surface area contributed by atoms with Crippen LogP contribution in [0.15, 0.2) is 48.5 Å². The van der Waals surface area contributed by atoms with Gasteiger partial charge in [-0.25, -0.2) is 9.18 Å². The van der Waals surface area contributed by atoms with Crippen molar-refractivity contribution in [3.63, 3.8) is 0 Å². The number of fused-ring (bicyclic) bond motifs is 2. The summed E-state index contributed by atoms with van der Waals surface area (Å²) in [5, 5.41) is 7.78. The monoisotopic (exact) mass is 638 g/mol. The summed E-state index contributed by atoms with van der Waals surface area (Å²) in [5.41, 5.74) is 11.6. The number of aromatic nitrogens is 3. The maximum atomic E-state index is 13.8. The van der Waals surface area contributed by atoms with Gasteiger partial charge in [0, 0.05) is 41.2 Å². The molecule has 0 bridgehead atoms. The van der Waals surface area contributed by atoms with Gasteiger partial charge in [0.15, 0.2) is 0 Å². The molecule has 2 heterocycles. The minimum absolute atomic E-state index is 0.217. The second kappa shape index (κ2) is 14.0. The van der Waals surface area contributed by atoms with Crippen LogP contribution in [0.5, 0.6) is 5.75 Å². The number of nitrogens with zero attached hydrogens (tertiary/aromatic N) is 3. The molecule has 0 saturated heterocycles. The first-order valence-electron chi connectivity index (χ1n) is 15.0. The van der Waals surface area contributed by atoms with Crippen LogP contribution in [0, 0.1) is 5.82 Å². The lowest BCUT2D eigenvalue weighted by Gasteiger charge is -2.15. The third kappa shape index (κ3) is 6.03. The number of carbonyl (C=O) groups is 1. The predicted molar refractivity (Wildman–Crippen MR) is 175 cm³/mol. The molecule has 0 aliphatic heterocycles. The molecule has 10 heteroatoms. The van der Waals surface area contributed by atoms with Crippen molar-refractivity contribution in [2.75, 3.05) is 19.8 Å². The van der Waals surface area contributed by atoms with Crippen molar-refractivity contribution in [2.24, 2.45) is 12.8 Å². The lowest BCUT2D eigenvalue weighted by molar-refractivity contribution is 0.0512. The molecule has 0 spiro atoms. The van der Waals surface area contributed by atoms with Gasteiger partial charge in [-0.1, -0.05) is 36.7 Å². The number of alkyl halides is 1. The van der Waals surface area contributed by atoms with Gasteiger partial charge in [0.05, 0.1) is 35.3 Å². The molecule has 0 atom stereocenters. The van der Waals surface area contributed by atoms with E-state index in [0.717, 1.165) is 56.2 Å². The van der Waals surface area contributed by atoms with Crippen LogP contribution in [0.2, 0.25) is 5.02 Å². The SMILES string of the molecule is CCOC(=O)c1c(CCCOc2cccc3cc(F)ccc23)c2ccc(Cl)c(-c3c(CCl)nn(C)c3CC)c2n1CCCN. The van der Waals surface area contributed by atoms with E-state index in [4.69, 9.17) is 43.5 Å². The van der Waals surface area contributed by atoms with E-state index in [0.29, 0.717) is 55.4 Å². The maximum absolute atomic E-state index is 13.8. The average Bonchev–Trinajstić information content (AvgIpc) is 3.51. The molecule has 2 N–H and O–H groups in total. The highest BCUT2D eigenvalue weighted by Gasteiger charge is 2.29. The van der Waals surface area contributed by atoms with Crippen molar-refractivity contribution in [1.82, 2.24) is 14.3 Å². The maximum Gasteiger partial charge on any atom is 0.355 e. The van der Waals surface area contributed by atoms with E-state index in [9.17, 15) is 9.18 Å². The molecule has 0 aliphatic carbocycles. The van der Waals surface area contributed by atoms with Gasteiger partial charge in [-0.3, -0.25) is 4.68 Å². The summed E-state index contributed by atoms with van der Waals surface area (Å²) in [4.78, 5) is 13.6. The summed E-state index contributed by atoms with van der Waals surface area (Å²) in [6, 6.07) is 14.1. The van der Waals surface area contributed by atoms with Crippen molar-refractivity contribution in [2.45, 2.75) is 52.0 Å². The van der Waals surface area contributed by atoms with Crippen LogP contribution in [0.4, 0.5) is 4.39 Å². The Kier molecular flexibility index (Phi) is 10.1. The zero-order chi connectivity index (χ0) is 31.4. The molecular formula is C34H37Cl2FN4O3. The molecular weight excluding hydrogens is 602 g/mol. The third-order valence-corrected chi connectivity index (χ3v) is 8.48. The van der Waals surface area contributed by atoms with E-state index in [1.807, 2.05) is 46.6 Å². The summed E-state index contributed by atoms with van der Waals surface area (Å²) in [6.07, 6.45) is 2.55. The molecule has 0 fully saturated rings. The molecule has 0 saturated carbocycles. The van der Waals surface area contributed by atoms with Crippen LogP contribution >= 0.6 is 23.2 Å². The Morgan fingerprint density at radius 2 is 1.86 bits per heavy atom. The zero-order valence-electron chi connectivity index (χ0n) is 25.3. The molecule has 0 unspecified atom stereocenters. The van der Waals surface area contributed by atoms with Crippen molar-refractivity contribution in [3.05, 3.63) is 82.0 Å². The molecule has 3 aromatic carbocycles. The number of carbonyl (C=O) groups excluding carboxylic acids is 1. The number of hydrogen-bond acceptors (Lipinski definition) is 5. The van der Waals surface area contributed by atoms with Crippen LogP contribution < -0.4 is 10.5 Å². The molecule has 232 valence electrons. The van der Waals surface area contributed by atoms with E-state index in [-0.39, 0.29) is 18.3 Å². The Labute approximate surface area is 266 Å². The van der Waals surface area contributed by atoms with E-state index in [1.54, 1.807) is 13.0 Å². The minimum Gasteiger partial charge on any atom is -0.493 e. The van der Waals surface area contributed by atoms with Gasteiger partial charge in [-0.15, -0.1) is 11.6 Å². The molecule has 44 heavy (non-hydrogen) atoms. The van der Waals surface area contributed by atoms with Gasteiger partial charge in [-0.2, -0.15) is 5.10 Å². The average molecular weight is 640 g/mol. The summed E-state index contributed by atoms with van der Waals surface area (Å²) < 4.78 is 29.4. The molecule has 0 radical (unpaired) electrons. The van der Waals surface area contributed by atoms with E-state index >= 15 is 0 Å². The smallest absolute Gasteiger partial charge is 0.355 e. The first-order chi connectivity index (χ1) is 21.3. The van der Waals surface area contributed by atoms with Crippen LogP contribution in [0.25, 0.3) is 32.8 Å². The number of nitrogens with two attached hydrogens (primary N) is 1. The predicted octanol–water partition coefficient (Wildman–Crippen LogP) is 7.83. The first kappa shape index (κ1) is 31.8. The van der Waals surface area contributed by atoms with Crippen LogP contribution in [0.1, 0.15) is 54.1 Å². The first-order valence-corrected chi connectivity index (χ1v) is 15.9. The molecule has 5 rings (SSSR count). The highest BCUT2D eigenvalue weighted by molar-refractivity contribution is 6.35. The van der Waals surface area contributed by atoms with Gasteiger partial charge in [0.2, 0.25) is 0 Å². The van der Waals surface area contributed by atoms with E-state index in [2.05, 4.69) is 6.92 Å². The fraction of sp³-hybridized carbons (Fsp3) is 0.353. The van der Waals surface area contributed by atoms with Crippen molar-refractivity contribution in [1.29, 1.82) is 0 Å². The highest BCUT2D eigenvalue weighted by atomic mass is 35.5. The fourth-order valence-corrected chi connectivity index (χ4v) is 6.51.